The molecule has 4 heteroatoms. The molecular weight excluding hydrogens is 280 g/mol. The molecule has 0 aliphatic carbocycles. The molecule has 0 saturated heterocycles. The lowest BCUT2D eigenvalue weighted by Gasteiger charge is -2.04. The van der Waals surface area contributed by atoms with Gasteiger partial charge in [-0.05, 0) is 31.2 Å². The number of aromatic nitrogens is 1. The number of hydrogen-bond donors (Lipinski definition) is 1. The molecule has 0 amide bonds. The van der Waals surface area contributed by atoms with Gasteiger partial charge in [0.05, 0.1) is 12.3 Å². The van der Waals surface area contributed by atoms with Crippen LogP contribution in [0, 0.1) is 0 Å². The fourth-order valence-corrected chi connectivity index (χ4v) is 2.95. The van der Waals surface area contributed by atoms with E-state index in [1.165, 1.54) is 0 Å². The fourth-order valence-electron chi connectivity index (χ4n) is 2.12. The van der Waals surface area contributed by atoms with Gasteiger partial charge in [0.25, 0.3) is 0 Å². The van der Waals surface area contributed by atoms with Crippen molar-refractivity contribution in [2.24, 2.45) is 0 Å². The van der Waals surface area contributed by atoms with E-state index >= 15 is 0 Å². The van der Waals surface area contributed by atoms with Crippen LogP contribution in [-0.2, 0) is 0 Å². The second-order valence-corrected chi connectivity index (χ2v) is 5.48. The maximum Gasteiger partial charge on any atom is 0.124 e. The summed E-state index contributed by atoms with van der Waals surface area (Å²) in [6, 6.07) is 15.8. The van der Waals surface area contributed by atoms with Crippen molar-refractivity contribution in [2.45, 2.75) is 6.92 Å². The molecule has 0 aliphatic heterocycles. The number of nitrogens with two attached hydrogens (primary N) is 1. The predicted molar refractivity (Wildman–Crippen MR) is 88.6 cm³/mol. The number of nitrogens with zero attached hydrogens (tertiary/aromatic N) is 1. The molecule has 1 aromatic heterocycles. The third-order valence-electron chi connectivity index (χ3n) is 3.08. The molecule has 0 atom stereocenters. The van der Waals surface area contributed by atoms with E-state index in [1.807, 2.05) is 55.5 Å². The molecule has 0 aliphatic rings. The predicted octanol–water partition coefficient (Wildman–Crippen LogP) is 4.46. The molecule has 3 aromatic rings. The molecule has 2 aromatic carbocycles. The van der Waals surface area contributed by atoms with Crippen molar-refractivity contribution >= 4 is 17.0 Å². The van der Waals surface area contributed by atoms with E-state index in [0.29, 0.717) is 6.61 Å². The Bertz CT molecular complexity index is 752. The summed E-state index contributed by atoms with van der Waals surface area (Å²) in [4.78, 5) is 4.70. The highest BCUT2D eigenvalue weighted by Gasteiger charge is 2.07. The van der Waals surface area contributed by atoms with E-state index in [1.54, 1.807) is 11.3 Å². The van der Waals surface area contributed by atoms with Crippen molar-refractivity contribution in [3.63, 3.8) is 0 Å². The summed E-state index contributed by atoms with van der Waals surface area (Å²) in [5.74, 6) is 0.871. The first-order chi connectivity index (χ1) is 10.3. The topological polar surface area (TPSA) is 48.1 Å². The van der Waals surface area contributed by atoms with Crippen LogP contribution in [0.4, 0.5) is 5.69 Å². The quantitative estimate of drug-likeness (QED) is 0.723. The lowest BCUT2D eigenvalue weighted by atomic mass is 10.1. The van der Waals surface area contributed by atoms with E-state index in [0.717, 1.165) is 33.3 Å². The van der Waals surface area contributed by atoms with E-state index in [-0.39, 0.29) is 0 Å². The van der Waals surface area contributed by atoms with Gasteiger partial charge in [-0.25, -0.2) is 4.98 Å². The van der Waals surface area contributed by atoms with Crippen molar-refractivity contribution in [2.75, 3.05) is 12.3 Å². The highest BCUT2D eigenvalue weighted by atomic mass is 32.1. The van der Waals surface area contributed by atoms with Gasteiger partial charge in [-0.15, -0.1) is 11.3 Å². The second kappa shape index (κ2) is 5.97. The first kappa shape index (κ1) is 13.6. The standard InChI is InChI=1S/C17H16N2OS/c1-2-20-15-8-4-6-13(10-15)17-19-16(11-21-17)12-5-3-7-14(18)9-12/h3-11H,2,18H2,1H3. The highest BCUT2D eigenvalue weighted by Crippen LogP contribution is 2.31. The summed E-state index contributed by atoms with van der Waals surface area (Å²) >= 11 is 1.62. The zero-order valence-corrected chi connectivity index (χ0v) is 12.6. The van der Waals surface area contributed by atoms with Gasteiger partial charge < -0.3 is 10.5 Å². The minimum atomic E-state index is 0.663. The summed E-state index contributed by atoms with van der Waals surface area (Å²) in [6.45, 7) is 2.64. The maximum atomic E-state index is 5.83. The summed E-state index contributed by atoms with van der Waals surface area (Å²) < 4.78 is 5.54. The third-order valence-corrected chi connectivity index (χ3v) is 3.97. The summed E-state index contributed by atoms with van der Waals surface area (Å²) in [6.07, 6.45) is 0. The number of rotatable bonds is 4. The SMILES string of the molecule is CCOc1cccc(-c2nc(-c3cccc(N)c3)cs2)c1. The molecule has 21 heavy (non-hydrogen) atoms. The Kier molecular flexibility index (Phi) is 3.88. The Morgan fingerprint density at radius 2 is 1.90 bits per heavy atom. The van der Waals surface area contributed by atoms with Crippen LogP contribution in [0.5, 0.6) is 5.75 Å². The lowest BCUT2D eigenvalue weighted by Crippen LogP contribution is -1.91. The zero-order chi connectivity index (χ0) is 14.7. The summed E-state index contributed by atoms with van der Waals surface area (Å²) in [7, 11) is 0. The molecule has 0 radical (unpaired) electrons. The minimum absolute atomic E-state index is 0.663. The Morgan fingerprint density at radius 1 is 1.10 bits per heavy atom. The molecule has 2 N–H and O–H groups in total. The number of benzene rings is 2. The van der Waals surface area contributed by atoms with E-state index < -0.39 is 0 Å². The average Bonchev–Trinajstić information content (AvgIpc) is 2.98. The van der Waals surface area contributed by atoms with Crippen LogP contribution in [0.25, 0.3) is 21.8 Å². The largest absolute Gasteiger partial charge is 0.494 e. The number of hydrogen-bond acceptors (Lipinski definition) is 4. The van der Waals surface area contributed by atoms with Crippen molar-refractivity contribution in [1.29, 1.82) is 0 Å². The van der Waals surface area contributed by atoms with E-state index in [2.05, 4.69) is 5.38 Å². The van der Waals surface area contributed by atoms with Crippen molar-refractivity contribution in [3.8, 4) is 27.6 Å². The summed E-state index contributed by atoms with van der Waals surface area (Å²) in [5.41, 5.74) is 9.64. The number of nitrogen functional groups attached to an aromatic ring is 1. The van der Waals surface area contributed by atoms with Crippen LogP contribution in [-0.4, -0.2) is 11.6 Å². The van der Waals surface area contributed by atoms with Crippen LogP contribution in [0.15, 0.2) is 53.9 Å². The van der Waals surface area contributed by atoms with Gasteiger partial charge in [-0.1, -0.05) is 24.3 Å². The smallest absolute Gasteiger partial charge is 0.124 e. The third kappa shape index (κ3) is 3.06. The molecule has 0 saturated carbocycles. The van der Waals surface area contributed by atoms with Crippen LogP contribution in [0.2, 0.25) is 0 Å². The van der Waals surface area contributed by atoms with Crippen LogP contribution < -0.4 is 10.5 Å². The second-order valence-electron chi connectivity index (χ2n) is 4.62. The number of ether oxygens (including phenoxy) is 1. The van der Waals surface area contributed by atoms with Gasteiger partial charge in [0.1, 0.15) is 10.8 Å². The average molecular weight is 296 g/mol. The van der Waals surface area contributed by atoms with Crippen molar-refractivity contribution in [3.05, 3.63) is 53.9 Å². The Hall–Kier alpha value is -2.33. The molecule has 0 fully saturated rings. The van der Waals surface area contributed by atoms with Gasteiger partial charge in [0.2, 0.25) is 0 Å². The lowest BCUT2D eigenvalue weighted by molar-refractivity contribution is 0.340. The molecule has 0 spiro atoms. The zero-order valence-electron chi connectivity index (χ0n) is 11.7. The van der Waals surface area contributed by atoms with Crippen molar-refractivity contribution < 1.29 is 4.74 Å². The molecule has 0 bridgehead atoms. The van der Waals surface area contributed by atoms with Gasteiger partial charge in [0, 0.05) is 22.2 Å². The highest BCUT2D eigenvalue weighted by molar-refractivity contribution is 7.13. The molecule has 1 heterocycles. The Morgan fingerprint density at radius 3 is 2.71 bits per heavy atom. The number of thiazole rings is 1. The molecular formula is C17H16N2OS. The first-order valence-electron chi connectivity index (χ1n) is 6.81. The maximum absolute atomic E-state index is 5.83. The van der Waals surface area contributed by atoms with Crippen LogP contribution in [0.1, 0.15) is 6.92 Å². The summed E-state index contributed by atoms with van der Waals surface area (Å²) in [5, 5.41) is 3.03. The fraction of sp³-hybridized carbons (Fsp3) is 0.118. The van der Waals surface area contributed by atoms with Gasteiger partial charge in [-0.2, -0.15) is 0 Å². The Labute approximate surface area is 128 Å². The monoisotopic (exact) mass is 296 g/mol. The first-order valence-corrected chi connectivity index (χ1v) is 7.69. The van der Waals surface area contributed by atoms with Gasteiger partial charge in [0.15, 0.2) is 0 Å². The normalized spacial score (nSPS) is 10.5. The number of anilines is 1. The van der Waals surface area contributed by atoms with Gasteiger partial charge in [-0.3, -0.25) is 0 Å². The molecule has 3 nitrogen and oxygen atoms in total. The molecule has 3 rings (SSSR count). The minimum Gasteiger partial charge on any atom is -0.494 e. The Balaban J connectivity index is 1.93. The van der Waals surface area contributed by atoms with Crippen LogP contribution >= 0.6 is 11.3 Å². The molecule has 106 valence electrons. The van der Waals surface area contributed by atoms with E-state index in [4.69, 9.17) is 15.5 Å². The van der Waals surface area contributed by atoms with E-state index in [9.17, 15) is 0 Å². The van der Waals surface area contributed by atoms with Gasteiger partial charge >= 0.3 is 0 Å². The van der Waals surface area contributed by atoms with Crippen LogP contribution in [0.3, 0.4) is 0 Å². The van der Waals surface area contributed by atoms with Crippen molar-refractivity contribution in [1.82, 2.24) is 4.98 Å². The molecule has 0 unspecified atom stereocenters.